The molecule has 0 aromatic heterocycles. The van der Waals surface area contributed by atoms with Crippen molar-refractivity contribution in [3.8, 4) is 0 Å². The summed E-state index contributed by atoms with van der Waals surface area (Å²) in [5, 5.41) is 1.03. The van der Waals surface area contributed by atoms with E-state index in [-0.39, 0.29) is 6.09 Å². The van der Waals surface area contributed by atoms with Gasteiger partial charge in [-0.1, -0.05) is 23.2 Å². The van der Waals surface area contributed by atoms with E-state index < -0.39 is 5.60 Å². The average molecular weight is 410 g/mol. The van der Waals surface area contributed by atoms with Crippen LogP contribution in [-0.4, -0.2) is 42.8 Å². The number of carbonyl (C=O) groups is 1. The number of nitrogens with zero attached hydrogens (tertiary/aromatic N) is 2. The van der Waals surface area contributed by atoms with Crippen molar-refractivity contribution in [2.24, 2.45) is 0 Å². The fourth-order valence-electron chi connectivity index (χ4n) is 2.22. The van der Waals surface area contributed by atoms with Gasteiger partial charge >= 0.3 is 6.09 Å². The SMILES string of the molecule is CC(C)(C)OC(=O)N1CCN(c2ccc(Cl)c(Cl)c2Br)CC1. The second kappa shape index (κ2) is 6.85. The first-order valence-electron chi connectivity index (χ1n) is 7.05. The van der Waals surface area contributed by atoms with Crippen LogP contribution in [0, 0.1) is 0 Å². The zero-order valence-electron chi connectivity index (χ0n) is 12.8. The van der Waals surface area contributed by atoms with Gasteiger partial charge in [-0.3, -0.25) is 0 Å². The van der Waals surface area contributed by atoms with Crippen molar-refractivity contribution in [2.45, 2.75) is 26.4 Å². The number of hydrogen-bond acceptors (Lipinski definition) is 3. The molecule has 122 valence electrons. The predicted octanol–water partition coefficient (Wildman–Crippen LogP) is 4.81. The molecule has 1 aliphatic heterocycles. The van der Waals surface area contributed by atoms with Crippen LogP contribution < -0.4 is 4.90 Å². The normalized spacial score (nSPS) is 15.9. The third-order valence-corrected chi connectivity index (χ3v) is 5.12. The Morgan fingerprint density at radius 1 is 1.18 bits per heavy atom. The summed E-state index contributed by atoms with van der Waals surface area (Å²) >= 11 is 15.7. The molecule has 0 saturated carbocycles. The first-order valence-corrected chi connectivity index (χ1v) is 8.60. The van der Waals surface area contributed by atoms with Crippen LogP contribution >= 0.6 is 39.1 Å². The lowest BCUT2D eigenvalue weighted by molar-refractivity contribution is 0.0240. The van der Waals surface area contributed by atoms with Crippen LogP contribution in [0.25, 0.3) is 0 Å². The molecular formula is C15H19BrCl2N2O2. The van der Waals surface area contributed by atoms with Crippen LogP contribution in [0.4, 0.5) is 10.5 Å². The van der Waals surface area contributed by atoms with Gasteiger partial charge in [-0.25, -0.2) is 4.79 Å². The van der Waals surface area contributed by atoms with E-state index in [0.29, 0.717) is 23.1 Å². The van der Waals surface area contributed by atoms with Crippen molar-refractivity contribution in [1.82, 2.24) is 4.90 Å². The molecule has 1 aromatic rings. The van der Waals surface area contributed by atoms with Gasteiger partial charge in [0.2, 0.25) is 0 Å². The summed E-state index contributed by atoms with van der Waals surface area (Å²) in [6.45, 7) is 8.27. The number of rotatable bonds is 1. The highest BCUT2D eigenvalue weighted by atomic mass is 79.9. The van der Waals surface area contributed by atoms with Gasteiger partial charge in [0.05, 0.1) is 20.2 Å². The summed E-state index contributed by atoms with van der Waals surface area (Å²) in [7, 11) is 0. The largest absolute Gasteiger partial charge is 0.444 e. The molecule has 0 bridgehead atoms. The highest BCUT2D eigenvalue weighted by Crippen LogP contribution is 2.38. The van der Waals surface area contributed by atoms with Gasteiger partial charge in [-0.05, 0) is 48.8 Å². The molecule has 0 aliphatic carbocycles. The molecule has 22 heavy (non-hydrogen) atoms. The predicted molar refractivity (Wildman–Crippen MR) is 94.2 cm³/mol. The van der Waals surface area contributed by atoms with E-state index in [1.54, 1.807) is 11.0 Å². The van der Waals surface area contributed by atoms with Gasteiger partial charge in [0.25, 0.3) is 0 Å². The standard InChI is InChI=1S/C15H19BrCl2N2O2/c1-15(2,3)22-14(21)20-8-6-19(7-9-20)11-5-4-10(17)13(18)12(11)16/h4-5H,6-9H2,1-3H3. The molecule has 1 saturated heterocycles. The molecular weight excluding hydrogens is 391 g/mol. The van der Waals surface area contributed by atoms with Crippen molar-refractivity contribution >= 4 is 50.9 Å². The monoisotopic (exact) mass is 408 g/mol. The Morgan fingerprint density at radius 3 is 2.32 bits per heavy atom. The number of hydrogen-bond donors (Lipinski definition) is 0. The maximum Gasteiger partial charge on any atom is 0.410 e. The first-order chi connectivity index (χ1) is 10.2. The quantitative estimate of drug-likeness (QED) is 0.623. The molecule has 7 heteroatoms. The highest BCUT2D eigenvalue weighted by Gasteiger charge is 2.26. The third-order valence-electron chi connectivity index (χ3n) is 3.29. The minimum atomic E-state index is -0.471. The minimum absolute atomic E-state index is 0.264. The molecule has 0 unspecified atom stereocenters. The smallest absolute Gasteiger partial charge is 0.410 e. The number of amides is 1. The van der Waals surface area contributed by atoms with E-state index in [0.717, 1.165) is 23.2 Å². The van der Waals surface area contributed by atoms with Crippen molar-refractivity contribution in [2.75, 3.05) is 31.1 Å². The van der Waals surface area contributed by atoms with E-state index in [9.17, 15) is 4.79 Å². The van der Waals surface area contributed by atoms with Crippen molar-refractivity contribution < 1.29 is 9.53 Å². The molecule has 4 nitrogen and oxygen atoms in total. The zero-order valence-corrected chi connectivity index (χ0v) is 15.9. The zero-order chi connectivity index (χ0) is 16.5. The Kier molecular flexibility index (Phi) is 5.51. The molecule has 0 atom stereocenters. The third kappa shape index (κ3) is 4.21. The number of benzene rings is 1. The van der Waals surface area contributed by atoms with E-state index in [2.05, 4.69) is 20.8 Å². The van der Waals surface area contributed by atoms with E-state index in [1.165, 1.54) is 0 Å². The van der Waals surface area contributed by atoms with Gasteiger partial charge in [0.15, 0.2) is 0 Å². The van der Waals surface area contributed by atoms with Gasteiger partial charge in [0.1, 0.15) is 5.60 Å². The van der Waals surface area contributed by atoms with Crippen LogP contribution in [-0.2, 0) is 4.74 Å². The fourth-order valence-corrected chi connectivity index (χ4v) is 3.24. The van der Waals surface area contributed by atoms with Crippen molar-refractivity contribution in [1.29, 1.82) is 0 Å². The van der Waals surface area contributed by atoms with Crippen LogP contribution in [0.5, 0.6) is 0 Å². The molecule has 0 spiro atoms. The molecule has 1 fully saturated rings. The second-order valence-electron chi connectivity index (χ2n) is 6.15. The lowest BCUT2D eigenvalue weighted by Crippen LogP contribution is -2.50. The van der Waals surface area contributed by atoms with Crippen LogP contribution in [0.15, 0.2) is 16.6 Å². The Morgan fingerprint density at radius 2 is 1.77 bits per heavy atom. The molecule has 1 aliphatic rings. The Labute approximate surface area is 149 Å². The number of ether oxygens (including phenoxy) is 1. The molecule has 1 heterocycles. The fraction of sp³-hybridized carbons (Fsp3) is 0.533. The van der Waals surface area contributed by atoms with Gasteiger partial charge in [-0.2, -0.15) is 0 Å². The maximum atomic E-state index is 12.1. The minimum Gasteiger partial charge on any atom is -0.444 e. The Balaban J connectivity index is 2.01. The lowest BCUT2D eigenvalue weighted by Gasteiger charge is -2.37. The first kappa shape index (κ1) is 17.7. The van der Waals surface area contributed by atoms with Crippen LogP contribution in [0.1, 0.15) is 20.8 Å². The molecule has 1 amide bonds. The van der Waals surface area contributed by atoms with E-state index in [1.807, 2.05) is 26.8 Å². The average Bonchev–Trinajstić information content (AvgIpc) is 2.43. The summed E-state index contributed by atoms with van der Waals surface area (Å²) in [6, 6.07) is 3.71. The summed E-state index contributed by atoms with van der Waals surface area (Å²) in [6.07, 6.45) is -0.264. The molecule has 2 rings (SSSR count). The Hall–Kier alpha value is -0.650. The van der Waals surface area contributed by atoms with E-state index >= 15 is 0 Å². The molecule has 1 aromatic carbocycles. The lowest BCUT2D eigenvalue weighted by atomic mass is 10.2. The summed E-state index contributed by atoms with van der Waals surface area (Å²) < 4.78 is 6.18. The highest BCUT2D eigenvalue weighted by molar-refractivity contribution is 9.10. The van der Waals surface area contributed by atoms with Crippen LogP contribution in [0.3, 0.4) is 0 Å². The summed E-state index contributed by atoms with van der Waals surface area (Å²) in [5.74, 6) is 0. The number of halogens is 3. The number of carbonyl (C=O) groups excluding carboxylic acids is 1. The van der Waals surface area contributed by atoms with Crippen LogP contribution in [0.2, 0.25) is 10.0 Å². The summed E-state index contributed by atoms with van der Waals surface area (Å²) in [4.78, 5) is 16.0. The van der Waals surface area contributed by atoms with Gasteiger partial charge < -0.3 is 14.5 Å². The van der Waals surface area contributed by atoms with Gasteiger partial charge in [0, 0.05) is 26.2 Å². The van der Waals surface area contributed by atoms with Crippen molar-refractivity contribution in [3.05, 3.63) is 26.7 Å². The van der Waals surface area contributed by atoms with Gasteiger partial charge in [-0.15, -0.1) is 0 Å². The Bertz CT molecular complexity index is 567. The maximum absolute atomic E-state index is 12.1. The molecule has 0 N–H and O–H groups in total. The second-order valence-corrected chi connectivity index (χ2v) is 7.73. The topological polar surface area (TPSA) is 32.8 Å². The van der Waals surface area contributed by atoms with E-state index in [4.69, 9.17) is 27.9 Å². The number of piperazine rings is 1. The number of anilines is 1. The summed E-state index contributed by atoms with van der Waals surface area (Å²) in [5.41, 5.74) is 0.513. The molecule has 0 radical (unpaired) electrons. The van der Waals surface area contributed by atoms with Crippen molar-refractivity contribution in [3.63, 3.8) is 0 Å².